The second-order valence-corrected chi connectivity index (χ2v) is 7.21. The van der Waals surface area contributed by atoms with Crippen LogP contribution in [0.2, 0.25) is 0 Å². The van der Waals surface area contributed by atoms with Gasteiger partial charge in [0.05, 0.1) is 11.9 Å². The lowest BCUT2D eigenvalue weighted by molar-refractivity contribution is 0.627. The van der Waals surface area contributed by atoms with Crippen LogP contribution in [0.3, 0.4) is 0 Å². The first-order chi connectivity index (χ1) is 15.1. The van der Waals surface area contributed by atoms with Crippen LogP contribution >= 0.6 is 0 Å². The highest BCUT2D eigenvalue weighted by Crippen LogP contribution is 2.29. The molecule has 0 bridgehead atoms. The fraction of sp³-hybridized carbons (Fsp3) is 0.0417. The van der Waals surface area contributed by atoms with E-state index in [1.54, 1.807) is 17.0 Å². The molecule has 0 atom stereocenters. The number of nitrogens with two attached hydrogens (primary N) is 1. The Balaban J connectivity index is 1.65. The molecule has 0 amide bonds. The van der Waals surface area contributed by atoms with Gasteiger partial charge in [-0.1, -0.05) is 36.4 Å². The summed E-state index contributed by atoms with van der Waals surface area (Å²) >= 11 is 0. The summed E-state index contributed by atoms with van der Waals surface area (Å²) in [7, 11) is 0. The minimum absolute atomic E-state index is 0.266. The molecule has 0 saturated carbocycles. The van der Waals surface area contributed by atoms with Gasteiger partial charge in [0.1, 0.15) is 17.1 Å². The van der Waals surface area contributed by atoms with Crippen molar-refractivity contribution < 1.29 is 4.42 Å². The molecule has 0 aliphatic rings. The Labute approximate surface area is 177 Å². The van der Waals surface area contributed by atoms with E-state index in [4.69, 9.17) is 15.2 Å². The number of aromatic nitrogens is 3. The highest BCUT2D eigenvalue weighted by atomic mass is 16.3. The van der Waals surface area contributed by atoms with Crippen LogP contribution < -0.4 is 11.3 Å². The molecule has 3 aromatic heterocycles. The minimum atomic E-state index is -0.297. The summed E-state index contributed by atoms with van der Waals surface area (Å²) in [6.45, 7) is 1.81. The molecule has 152 valence electrons. The first kappa shape index (κ1) is 18.6. The molecule has 5 aromatic rings. The van der Waals surface area contributed by atoms with E-state index < -0.39 is 0 Å². The lowest BCUT2D eigenvalue weighted by Crippen LogP contribution is -2.19. The van der Waals surface area contributed by atoms with E-state index in [-0.39, 0.29) is 11.4 Å². The van der Waals surface area contributed by atoms with Gasteiger partial charge in [-0.25, -0.2) is 4.68 Å². The standard InChI is InChI=1S/C24H19N5O2/c1-16-11-22(25)29(23(30)12-16)26-14-18-15-28(19-8-3-2-4-9-19)27-24(18)21-13-17-7-5-6-10-20(17)31-21/h2-15H,25H2,1H3/b26-14-. The molecule has 0 aliphatic heterocycles. The van der Waals surface area contributed by atoms with Crippen LogP contribution in [0, 0.1) is 6.92 Å². The fourth-order valence-corrected chi connectivity index (χ4v) is 3.45. The number of pyridine rings is 1. The van der Waals surface area contributed by atoms with Crippen molar-refractivity contribution in [3.63, 3.8) is 0 Å². The average Bonchev–Trinajstić information content (AvgIpc) is 3.37. The zero-order valence-electron chi connectivity index (χ0n) is 16.8. The molecule has 2 aromatic carbocycles. The van der Waals surface area contributed by atoms with Gasteiger partial charge in [0.15, 0.2) is 5.76 Å². The molecule has 7 nitrogen and oxygen atoms in total. The van der Waals surface area contributed by atoms with E-state index in [0.29, 0.717) is 17.0 Å². The maximum Gasteiger partial charge on any atom is 0.273 e. The van der Waals surface area contributed by atoms with Crippen molar-refractivity contribution in [1.82, 2.24) is 14.5 Å². The topological polar surface area (TPSA) is 91.3 Å². The molecule has 3 heterocycles. The van der Waals surface area contributed by atoms with Crippen LogP contribution in [0.5, 0.6) is 0 Å². The predicted octanol–water partition coefficient (Wildman–Crippen LogP) is 4.22. The minimum Gasteiger partial charge on any atom is -0.454 e. The van der Waals surface area contributed by atoms with Gasteiger partial charge in [-0.3, -0.25) is 4.79 Å². The number of benzene rings is 2. The van der Waals surface area contributed by atoms with Crippen molar-refractivity contribution in [2.24, 2.45) is 5.10 Å². The molecule has 0 fully saturated rings. The Morgan fingerprint density at radius 3 is 2.58 bits per heavy atom. The van der Waals surface area contributed by atoms with Crippen LogP contribution in [0.15, 0.2) is 93.3 Å². The monoisotopic (exact) mass is 409 g/mol. The van der Waals surface area contributed by atoms with E-state index in [9.17, 15) is 4.79 Å². The number of hydrogen-bond donors (Lipinski definition) is 1. The number of fused-ring (bicyclic) bond motifs is 1. The third-order valence-corrected chi connectivity index (χ3v) is 4.91. The zero-order valence-corrected chi connectivity index (χ0v) is 16.8. The number of furan rings is 1. The lowest BCUT2D eigenvalue weighted by Gasteiger charge is -2.03. The molecule has 2 N–H and O–H groups in total. The Bertz CT molecular complexity index is 1440. The van der Waals surface area contributed by atoms with Crippen molar-refractivity contribution >= 4 is 23.0 Å². The Kier molecular flexibility index (Phi) is 4.48. The number of rotatable bonds is 4. The summed E-state index contributed by atoms with van der Waals surface area (Å²) in [5.74, 6) is 0.878. The Hall–Kier alpha value is -4.39. The number of nitrogen functional groups attached to an aromatic ring is 1. The number of aryl methyl sites for hydroxylation is 1. The van der Waals surface area contributed by atoms with Gasteiger partial charge in [-0.15, -0.1) is 0 Å². The molecule has 31 heavy (non-hydrogen) atoms. The maximum atomic E-state index is 12.3. The highest BCUT2D eigenvalue weighted by Gasteiger charge is 2.15. The SMILES string of the molecule is Cc1cc(N)n(/N=C\c2cn(-c3ccccc3)nc2-c2cc3ccccc3o2)c(=O)c1. The molecule has 0 unspecified atom stereocenters. The van der Waals surface area contributed by atoms with Crippen molar-refractivity contribution in [2.45, 2.75) is 6.92 Å². The normalized spacial score (nSPS) is 11.5. The number of nitrogens with zero attached hydrogens (tertiary/aromatic N) is 4. The van der Waals surface area contributed by atoms with Gasteiger partial charge in [-0.2, -0.15) is 14.9 Å². The summed E-state index contributed by atoms with van der Waals surface area (Å²) < 4.78 is 8.95. The van der Waals surface area contributed by atoms with Crippen LogP contribution in [-0.2, 0) is 0 Å². The molecule has 0 radical (unpaired) electrons. The molecule has 0 spiro atoms. The van der Waals surface area contributed by atoms with Crippen molar-refractivity contribution in [1.29, 1.82) is 0 Å². The second-order valence-electron chi connectivity index (χ2n) is 7.21. The van der Waals surface area contributed by atoms with E-state index in [2.05, 4.69) is 5.10 Å². The summed E-state index contributed by atoms with van der Waals surface area (Å²) in [4.78, 5) is 12.3. The summed E-state index contributed by atoms with van der Waals surface area (Å²) in [6.07, 6.45) is 3.42. The lowest BCUT2D eigenvalue weighted by atomic mass is 10.2. The summed E-state index contributed by atoms with van der Waals surface area (Å²) in [6, 6.07) is 22.6. The van der Waals surface area contributed by atoms with Crippen LogP contribution in [0.25, 0.3) is 28.1 Å². The van der Waals surface area contributed by atoms with Gasteiger partial charge >= 0.3 is 0 Å². The smallest absolute Gasteiger partial charge is 0.273 e. The Morgan fingerprint density at radius 2 is 1.81 bits per heavy atom. The van der Waals surface area contributed by atoms with Crippen molar-refractivity contribution in [3.05, 3.63) is 100 Å². The van der Waals surface area contributed by atoms with E-state index in [1.807, 2.05) is 73.8 Å². The predicted molar refractivity (Wildman–Crippen MR) is 122 cm³/mol. The quantitative estimate of drug-likeness (QED) is 0.450. The van der Waals surface area contributed by atoms with Crippen molar-refractivity contribution in [3.8, 4) is 17.1 Å². The Morgan fingerprint density at radius 1 is 1.03 bits per heavy atom. The second kappa shape index (κ2) is 7.46. The maximum absolute atomic E-state index is 12.3. The van der Waals surface area contributed by atoms with Crippen LogP contribution in [0.1, 0.15) is 11.1 Å². The summed E-state index contributed by atoms with van der Waals surface area (Å²) in [5, 5.41) is 10.0. The molecule has 7 heteroatoms. The molecule has 0 saturated heterocycles. The average molecular weight is 409 g/mol. The number of hydrogen-bond acceptors (Lipinski definition) is 5. The van der Waals surface area contributed by atoms with E-state index in [1.165, 1.54) is 6.07 Å². The zero-order chi connectivity index (χ0) is 21.4. The van der Waals surface area contributed by atoms with Crippen LogP contribution in [-0.4, -0.2) is 20.7 Å². The number of anilines is 1. The van der Waals surface area contributed by atoms with E-state index in [0.717, 1.165) is 26.9 Å². The largest absolute Gasteiger partial charge is 0.454 e. The summed E-state index contributed by atoms with van der Waals surface area (Å²) in [5.41, 5.74) is 9.45. The fourth-order valence-electron chi connectivity index (χ4n) is 3.45. The molecule has 5 rings (SSSR count). The molecular formula is C24H19N5O2. The number of para-hydroxylation sites is 2. The highest BCUT2D eigenvalue weighted by molar-refractivity contribution is 5.90. The van der Waals surface area contributed by atoms with Gasteiger partial charge in [-0.05, 0) is 42.8 Å². The van der Waals surface area contributed by atoms with Gasteiger partial charge in [0, 0.05) is 23.2 Å². The third kappa shape index (κ3) is 3.53. The first-order valence-electron chi connectivity index (χ1n) is 9.76. The van der Waals surface area contributed by atoms with Crippen molar-refractivity contribution in [2.75, 3.05) is 5.73 Å². The van der Waals surface area contributed by atoms with Gasteiger partial charge < -0.3 is 10.2 Å². The third-order valence-electron chi connectivity index (χ3n) is 4.91. The van der Waals surface area contributed by atoms with Gasteiger partial charge in [0.2, 0.25) is 0 Å². The first-order valence-corrected chi connectivity index (χ1v) is 9.76. The molecule has 0 aliphatic carbocycles. The van der Waals surface area contributed by atoms with Crippen LogP contribution in [0.4, 0.5) is 5.82 Å². The van der Waals surface area contributed by atoms with E-state index >= 15 is 0 Å². The molecular weight excluding hydrogens is 390 g/mol. The van der Waals surface area contributed by atoms with Gasteiger partial charge in [0.25, 0.3) is 5.56 Å².